The van der Waals surface area contributed by atoms with Crippen molar-refractivity contribution in [3.8, 4) is 0 Å². The predicted molar refractivity (Wildman–Crippen MR) is 83.6 cm³/mol. The van der Waals surface area contributed by atoms with Crippen LogP contribution in [0.25, 0.3) is 0 Å². The standard InChI is InChI=1S/C15H20N2O5S/c1-9-7-11(8-13(10(9)2)23(16,21)22)14(18)17-6-4-3-5-12(17)15(19)20/h7-8,12H,3-6H2,1-2H3,(H,19,20)(H2,16,21,22). The molecule has 1 fully saturated rings. The van der Waals surface area contributed by atoms with Gasteiger partial charge >= 0.3 is 5.97 Å². The number of piperidine rings is 1. The van der Waals surface area contributed by atoms with Crippen LogP contribution in [-0.2, 0) is 14.8 Å². The van der Waals surface area contributed by atoms with E-state index in [-0.39, 0.29) is 10.5 Å². The summed E-state index contributed by atoms with van der Waals surface area (Å²) in [5.41, 5.74) is 1.24. The zero-order valence-electron chi connectivity index (χ0n) is 13.1. The highest BCUT2D eigenvalue weighted by molar-refractivity contribution is 7.89. The predicted octanol–water partition coefficient (Wildman–Crippen LogP) is 1.03. The number of aryl methyl sites for hydroxylation is 1. The summed E-state index contributed by atoms with van der Waals surface area (Å²) in [6.45, 7) is 3.64. The highest BCUT2D eigenvalue weighted by atomic mass is 32.2. The van der Waals surface area contributed by atoms with Crippen LogP contribution in [0.2, 0.25) is 0 Å². The van der Waals surface area contributed by atoms with E-state index in [0.717, 1.165) is 12.8 Å². The van der Waals surface area contributed by atoms with E-state index in [1.807, 2.05) is 0 Å². The minimum atomic E-state index is -3.96. The average Bonchev–Trinajstić information content (AvgIpc) is 2.47. The third-order valence-electron chi connectivity index (χ3n) is 4.22. The molecule has 7 nitrogen and oxygen atoms in total. The highest BCUT2D eigenvalue weighted by Gasteiger charge is 2.33. The van der Waals surface area contributed by atoms with Crippen molar-refractivity contribution in [2.45, 2.75) is 44.0 Å². The summed E-state index contributed by atoms with van der Waals surface area (Å²) in [5.74, 6) is -1.53. The number of benzene rings is 1. The molecule has 0 aromatic heterocycles. The van der Waals surface area contributed by atoms with Crippen LogP contribution in [0.1, 0.15) is 40.7 Å². The fourth-order valence-electron chi connectivity index (χ4n) is 2.84. The Bertz CT molecular complexity index is 757. The quantitative estimate of drug-likeness (QED) is 0.852. The minimum Gasteiger partial charge on any atom is -0.480 e. The van der Waals surface area contributed by atoms with E-state index in [0.29, 0.717) is 24.1 Å². The molecule has 2 rings (SSSR count). The van der Waals surface area contributed by atoms with Gasteiger partial charge in [0.2, 0.25) is 10.0 Å². The van der Waals surface area contributed by atoms with Gasteiger partial charge in [0.05, 0.1) is 4.90 Å². The Hall–Kier alpha value is -1.93. The number of aliphatic carboxylic acids is 1. The number of nitrogens with zero attached hydrogens (tertiary/aromatic N) is 1. The summed E-state index contributed by atoms with van der Waals surface area (Å²) in [6, 6.07) is 1.92. The normalized spacial score (nSPS) is 18.7. The molecule has 0 aliphatic carbocycles. The molecule has 8 heteroatoms. The van der Waals surface area contributed by atoms with E-state index >= 15 is 0 Å². The Morgan fingerprint density at radius 2 is 1.91 bits per heavy atom. The van der Waals surface area contributed by atoms with Crippen molar-refractivity contribution in [3.63, 3.8) is 0 Å². The lowest BCUT2D eigenvalue weighted by Gasteiger charge is -2.33. The summed E-state index contributed by atoms with van der Waals surface area (Å²) in [4.78, 5) is 25.2. The van der Waals surface area contributed by atoms with E-state index in [2.05, 4.69) is 0 Å². The molecule has 0 radical (unpaired) electrons. The van der Waals surface area contributed by atoms with Crippen LogP contribution in [-0.4, -0.2) is 42.9 Å². The number of nitrogens with two attached hydrogens (primary N) is 1. The van der Waals surface area contributed by atoms with Gasteiger partial charge in [0.15, 0.2) is 0 Å². The molecule has 1 aliphatic rings. The first-order valence-corrected chi connectivity index (χ1v) is 8.85. The zero-order chi connectivity index (χ0) is 17.4. The third-order valence-corrected chi connectivity index (χ3v) is 5.26. The number of amides is 1. The van der Waals surface area contributed by atoms with E-state index in [9.17, 15) is 23.1 Å². The summed E-state index contributed by atoms with van der Waals surface area (Å²) in [6.07, 6.45) is 1.87. The largest absolute Gasteiger partial charge is 0.480 e. The van der Waals surface area contributed by atoms with Crippen LogP contribution in [0, 0.1) is 13.8 Å². The summed E-state index contributed by atoms with van der Waals surface area (Å²) < 4.78 is 23.4. The molecule has 1 atom stereocenters. The number of carboxylic acid groups (broad SMARTS) is 1. The number of rotatable bonds is 3. The SMILES string of the molecule is Cc1cc(C(=O)N2CCCCC2C(=O)O)cc(S(N)(=O)=O)c1C. The van der Waals surface area contributed by atoms with Gasteiger partial charge in [-0.1, -0.05) is 0 Å². The van der Waals surface area contributed by atoms with Crippen LogP contribution in [0.5, 0.6) is 0 Å². The van der Waals surface area contributed by atoms with Gasteiger partial charge in [-0.25, -0.2) is 18.4 Å². The monoisotopic (exact) mass is 340 g/mol. The Morgan fingerprint density at radius 1 is 1.26 bits per heavy atom. The molecule has 0 bridgehead atoms. The molecule has 1 saturated heterocycles. The molecule has 1 aromatic carbocycles. The molecular formula is C15H20N2O5S. The Morgan fingerprint density at radius 3 is 2.48 bits per heavy atom. The second-order valence-electron chi connectivity index (χ2n) is 5.81. The Labute approximate surface area is 135 Å². The number of carboxylic acids is 1. The summed E-state index contributed by atoms with van der Waals surface area (Å²) in [5, 5.41) is 14.5. The van der Waals surface area contributed by atoms with Gasteiger partial charge < -0.3 is 10.0 Å². The first-order valence-electron chi connectivity index (χ1n) is 7.30. The smallest absolute Gasteiger partial charge is 0.326 e. The third kappa shape index (κ3) is 3.53. The van der Waals surface area contributed by atoms with Gasteiger partial charge in [-0.3, -0.25) is 4.79 Å². The van der Waals surface area contributed by atoms with Crippen LogP contribution < -0.4 is 5.14 Å². The lowest BCUT2D eigenvalue weighted by atomic mass is 9.99. The Kier molecular flexibility index (Phi) is 4.76. The molecule has 0 saturated carbocycles. The topological polar surface area (TPSA) is 118 Å². The van der Waals surface area contributed by atoms with Crippen molar-refractivity contribution in [2.75, 3.05) is 6.54 Å². The van der Waals surface area contributed by atoms with Gasteiger partial charge in [0.25, 0.3) is 5.91 Å². The van der Waals surface area contributed by atoms with E-state index < -0.39 is 27.9 Å². The molecule has 0 spiro atoms. The van der Waals surface area contributed by atoms with Crippen molar-refractivity contribution in [1.29, 1.82) is 0 Å². The van der Waals surface area contributed by atoms with E-state index in [4.69, 9.17) is 5.14 Å². The highest BCUT2D eigenvalue weighted by Crippen LogP contribution is 2.24. The molecule has 1 aromatic rings. The second-order valence-corrected chi connectivity index (χ2v) is 7.34. The lowest BCUT2D eigenvalue weighted by molar-refractivity contribution is -0.143. The van der Waals surface area contributed by atoms with Gasteiger partial charge in [-0.15, -0.1) is 0 Å². The fraction of sp³-hybridized carbons (Fsp3) is 0.467. The molecule has 23 heavy (non-hydrogen) atoms. The minimum absolute atomic E-state index is 0.107. The van der Waals surface area contributed by atoms with Gasteiger partial charge in [-0.05, 0) is 56.4 Å². The first kappa shape index (κ1) is 17.4. The maximum atomic E-state index is 12.7. The molecule has 1 unspecified atom stereocenters. The lowest BCUT2D eigenvalue weighted by Crippen LogP contribution is -2.48. The van der Waals surface area contributed by atoms with Crippen LogP contribution >= 0.6 is 0 Å². The summed E-state index contributed by atoms with van der Waals surface area (Å²) in [7, 11) is -3.96. The maximum absolute atomic E-state index is 12.7. The number of hydrogen-bond acceptors (Lipinski definition) is 4. The first-order chi connectivity index (χ1) is 10.6. The van der Waals surface area contributed by atoms with Gasteiger partial charge in [0.1, 0.15) is 6.04 Å². The van der Waals surface area contributed by atoms with Crippen molar-refractivity contribution in [1.82, 2.24) is 4.90 Å². The van der Waals surface area contributed by atoms with Crippen LogP contribution in [0.15, 0.2) is 17.0 Å². The molecule has 1 aliphatic heterocycles. The van der Waals surface area contributed by atoms with Crippen molar-refractivity contribution >= 4 is 21.9 Å². The molecule has 126 valence electrons. The number of carbonyl (C=O) groups is 2. The van der Waals surface area contributed by atoms with Crippen molar-refractivity contribution in [3.05, 3.63) is 28.8 Å². The number of carbonyl (C=O) groups excluding carboxylic acids is 1. The van der Waals surface area contributed by atoms with Crippen molar-refractivity contribution in [2.24, 2.45) is 5.14 Å². The molecule has 1 heterocycles. The number of hydrogen-bond donors (Lipinski definition) is 2. The summed E-state index contributed by atoms with van der Waals surface area (Å²) >= 11 is 0. The van der Waals surface area contributed by atoms with Crippen LogP contribution in [0.4, 0.5) is 0 Å². The van der Waals surface area contributed by atoms with Gasteiger partial charge in [0, 0.05) is 12.1 Å². The second kappa shape index (κ2) is 6.29. The Balaban J connectivity index is 2.47. The fourth-order valence-corrected chi connectivity index (χ4v) is 3.72. The van der Waals surface area contributed by atoms with Gasteiger partial charge in [-0.2, -0.15) is 0 Å². The van der Waals surface area contributed by atoms with Crippen LogP contribution in [0.3, 0.4) is 0 Å². The van der Waals surface area contributed by atoms with E-state index in [1.54, 1.807) is 19.9 Å². The molecular weight excluding hydrogens is 320 g/mol. The zero-order valence-corrected chi connectivity index (χ0v) is 13.9. The number of primary sulfonamides is 1. The van der Waals surface area contributed by atoms with Crippen molar-refractivity contribution < 1.29 is 23.1 Å². The average molecular weight is 340 g/mol. The number of likely N-dealkylation sites (tertiary alicyclic amines) is 1. The maximum Gasteiger partial charge on any atom is 0.326 e. The number of sulfonamides is 1. The molecule has 1 amide bonds. The molecule has 3 N–H and O–H groups in total. The van der Waals surface area contributed by atoms with E-state index in [1.165, 1.54) is 11.0 Å².